The van der Waals surface area contributed by atoms with Gasteiger partial charge in [-0.15, -0.1) is 0 Å². The first-order valence-electron chi connectivity index (χ1n) is 7.87. The number of carbonyl (C=O) groups excluding carboxylic acids is 1. The summed E-state index contributed by atoms with van der Waals surface area (Å²) in [5.41, 5.74) is -0.538. The van der Waals surface area contributed by atoms with Crippen LogP contribution in [0.2, 0.25) is 0 Å². The van der Waals surface area contributed by atoms with Crippen molar-refractivity contribution in [2.45, 2.75) is 62.9 Å². The molecule has 1 atom stereocenters. The van der Waals surface area contributed by atoms with Gasteiger partial charge in [0.25, 0.3) is 0 Å². The van der Waals surface area contributed by atoms with Crippen molar-refractivity contribution in [1.82, 2.24) is 10.2 Å². The summed E-state index contributed by atoms with van der Waals surface area (Å²) in [6.45, 7) is 1.30. The number of hydrogen-bond donors (Lipinski definition) is 2. The topological polar surface area (TPSA) is 78.9 Å². The highest BCUT2D eigenvalue weighted by molar-refractivity contribution is 5.77. The van der Waals surface area contributed by atoms with Crippen LogP contribution in [0.5, 0.6) is 0 Å². The Labute approximate surface area is 125 Å². The molecule has 6 nitrogen and oxygen atoms in total. The van der Waals surface area contributed by atoms with Gasteiger partial charge in [-0.3, -0.25) is 4.79 Å². The number of carbonyl (C=O) groups is 2. The highest BCUT2D eigenvalue weighted by Gasteiger charge is 2.40. The molecule has 2 N–H and O–H groups in total. The van der Waals surface area contributed by atoms with E-state index in [0.717, 1.165) is 51.6 Å². The standard InChI is InChI=1S/C15H26N2O4/c1-17(14(20)16-12-6-5-9-21-11-12)15(10-13(18)19)7-3-2-4-8-15/h12H,2-11H2,1H3,(H,16,20)(H,18,19). The van der Waals surface area contributed by atoms with Gasteiger partial charge in [0.15, 0.2) is 0 Å². The Morgan fingerprint density at radius 3 is 2.57 bits per heavy atom. The second-order valence-electron chi connectivity index (χ2n) is 6.28. The fourth-order valence-corrected chi connectivity index (χ4v) is 3.46. The molecule has 0 aromatic heterocycles. The lowest BCUT2D eigenvalue weighted by Crippen LogP contribution is -2.57. The Morgan fingerprint density at radius 1 is 1.29 bits per heavy atom. The molecule has 1 heterocycles. The predicted molar refractivity (Wildman–Crippen MR) is 78.2 cm³/mol. The van der Waals surface area contributed by atoms with Crippen molar-refractivity contribution in [3.63, 3.8) is 0 Å². The maximum atomic E-state index is 12.5. The Morgan fingerprint density at radius 2 is 2.00 bits per heavy atom. The van der Waals surface area contributed by atoms with Crippen LogP contribution < -0.4 is 5.32 Å². The van der Waals surface area contributed by atoms with E-state index in [9.17, 15) is 14.7 Å². The number of urea groups is 1. The number of carboxylic acid groups (broad SMARTS) is 1. The molecule has 1 aliphatic heterocycles. The van der Waals surface area contributed by atoms with Crippen LogP contribution in [0.25, 0.3) is 0 Å². The first kappa shape index (κ1) is 16.1. The quantitative estimate of drug-likeness (QED) is 0.832. The van der Waals surface area contributed by atoms with E-state index in [1.807, 2.05) is 0 Å². The molecule has 6 heteroatoms. The minimum Gasteiger partial charge on any atom is -0.481 e. The molecule has 21 heavy (non-hydrogen) atoms. The van der Waals surface area contributed by atoms with Crippen molar-refractivity contribution < 1.29 is 19.4 Å². The van der Waals surface area contributed by atoms with Crippen molar-refractivity contribution in [2.24, 2.45) is 0 Å². The normalized spacial score (nSPS) is 25.1. The highest BCUT2D eigenvalue weighted by atomic mass is 16.5. The third-order valence-electron chi connectivity index (χ3n) is 4.77. The highest BCUT2D eigenvalue weighted by Crippen LogP contribution is 2.36. The first-order chi connectivity index (χ1) is 10.0. The monoisotopic (exact) mass is 298 g/mol. The Bertz CT molecular complexity index is 374. The molecule has 0 spiro atoms. The van der Waals surface area contributed by atoms with Crippen LogP contribution in [0.3, 0.4) is 0 Å². The lowest BCUT2D eigenvalue weighted by molar-refractivity contribution is -0.140. The molecular weight excluding hydrogens is 272 g/mol. The lowest BCUT2D eigenvalue weighted by atomic mass is 9.78. The number of aliphatic carboxylic acids is 1. The van der Waals surface area contributed by atoms with Crippen LogP contribution in [-0.2, 0) is 9.53 Å². The van der Waals surface area contributed by atoms with Gasteiger partial charge < -0.3 is 20.1 Å². The van der Waals surface area contributed by atoms with Gasteiger partial charge in [0.2, 0.25) is 0 Å². The van der Waals surface area contributed by atoms with Gasteiger partial charge in [-0.25, -0.2) is 4.79 Å². The molecule has 0 radical (unpaired) electrons. The van der Waals surface area contributed by atoms with Crippen molar-refractivity contribution >= 4 is 12.0 Å². The zero-order valence-corrected chi connectivity index (χ0v) is 12.8. The summed E-state index contributed by atoms with van der Waals surface area (Å²) in [6.07, 6.45) is 6.52. The van der Waals surface area contributed by atoms with E-state index in [1.165, 1.54) is 0 Å². The number of nitrogens with one attached hydrogen (secondary N) is 1. The van der Waals surface area contributed by atoms with Crippen LogP contribution in [0.1, 0.15) is 51.4 Å². The zero-order chi connectivity index (χ0) is 15.3. The molecule has 0 bridgehead atoms. The van der Waals surface area contributed by atoms with Crippen LogP contribution >= 0.6 is 0 Å². The number of ether oxygens (including phenoxy) is 1. The number of hydrogen-bond acceptors (Lipinski definition) is 3. The summed E-state index contributed by atoms with van der Waals surface area (Å²) >= 11 is 0. The molecule has 2 rings (SSSR count). The van der Waals surface area contributed by atoms with Crippen molar-refractivity contribution in [2.75, 3.05) is 20.3 Å². The third kappa shape index (κ3) is 4.09. The average molecular weight is 298 g/mol. The van der Waals surface area contributed by atoms with E-state index in [0.29, 0.717) is 6.61 Å². The van der Waals surface area contributed by atoms with Crippen molar-refractivity contribution in [3.8, 4) is 0 Å². The van der Waals surface area contributed by atoms with Crippen LogP contribution in [0.15, 0.2) is 0 Å². The molecule has 1 saturated carbocycles. The molecule has 1 unspecified atom stereocenters. The van der Waals surface area contributed by atoms with Gasteiger partial charge in [0, 0.05) is 13.7 Å². The van der Waals surface area contributed by atoms with Crippen LogP contribution in [0, 0.1) is 0 Å². The minimum absolute atomic E-state index is 0.0259. The molecule has 120 valence electrons. The molecule has 2 fully saturated rings. The van der Waals surface area contributed by atoms with E-state index in [-0.39, 0.29) is 18.5 Å². The fraction of sp³-hybridized carbons (Fsp3) is 0.867. The predicted octanol–water partition coefficient (Wildman–Crippen LogP) is 1.98. The summed E-state index contributed by atoms with van der Waals surface area (Å²) in [7, 11) is 1.73. The van der Waals surface area contributed by atoms with Gasteiger partial charge >= 0.3 is 12.0 Å². The maximum Gasteiger partial charge on any atom is 0.317 e. The third-order valence-corrected chi connectivity index (χ3v) is 4.77. The van der Waals surface area contributed by atoms with E-state index in [1.54, 1.807) is 11.9 Å². The number of amides is 2. The maximum absolute atomic E-state index is 12.5. The molecule has 0 aromatic carbocycles. The van der Waals surface area contributed by atoms with E-state index in [2.05, 4.69) is 5.32 Å². The smallest absolute Gasteiger partial charge is 0.317 e. The molecule has 1 saturated heterocycles. The lowest BCUT2D eigenvalue weighted by Gasteiger charge is -2.44. The molecule has 2 amide bonds. The van der Waals surface area contributed by atoms with Crippen LogP contribution in [0.4, 0.5) is 4.79 Å². The molecular formula is C15H26N2O4. The number of carboxylic acids is 1. The second kappa shape index (κ2) is 7.11. The van der Waals surface area contributed by atoms with Gasteiger partial charge in [-0.05, 0) is 25.7 Å². The number of nitrogens with zero attached hydrogens (tertiary/aromatic N) is 1. The summed E-state index contributed by atoms with van der Waals surface area (Å²) in [5.74, 6) is -0.836. The van der Waals surface area contributed by atoms with E-state index >= 15 is 0 Å². The SMILES string of the molecule is CN(C(=O)NC1CCCOC1)C1(CC(=O)O)CCCCC1. The van der Waals surface area contributed by atoms with E-state index < -0.39 is 11.5 Å². The largest absolute Gasteiger partial charge is 0.481 e. The molecule has 1 aliphatic carbocycles. The van der Waals surface area contributed by atoms with Crippen LogP contribution in [-0.4, -0.2) is 53.8 Å². The summed E-state index contributed by atoms with van der Waals surface area (Å²) < 4.78 is 5.37. The average Bonchev–Trinajstić information content (AvgIpc) is 2.47. The fourth-order valence-electron chi connectivity index (χ4n) is 3.46. The Kier molecular flexibility index (Phi) is 5.45. The van der Waals surface area contributed by atoms with E-state index in [4.69, 9.17) is 4.74 Å². The first-order valence-corrected chi connectivity index (χ1v) is 7.87. The summed E-state index contributed by atoms with van der Waals surface area (Å²) in [6, 6.07) is -0.132. The minimum atomic E-state index is -0.836. The van der Waals surface area contributed by atoms with Gasteiger partial charge in [-0.1, -0.05) is 19.3 Å². The molecule has 2 aliphatic rings. The summed E-state index contributed by atoms with van der Waals surface area (Å²) in [4.78, 5) is 25.3. The van der Waals surface area contributed by atoms with Crippen molar-refractivity contribution in [3.05, 3.63) is 0 Å². The summed E-state index contributed by atoms with van der Waals surface area (Å²) in [5, 5.41) is 12.2. The number of rotatable bonds is 4. The second-order valence-corrected chi connectivity index (χ2v) is 6.28. The van der Waals surface area contributed by atoms with Gasteiger partial charge in [-0.2, -0.15) is 0 Å². The molecule has 0 aromatic rings. The zero-order valence-electron chi connectivity index (χ0n) is 12.8. The Balaban J connectivity index is 2.00. The van der Waals surface area contributed by atoms with Gasteiger partial charge in [0.05, 0.1) is 24.6 Å². The Hall–Kier alpha value is -1.30. The van der Waals surface area contributed by atoms with Gasteiger partial charge in [0.1, 0.15) is 0 Å². The van der Waals surface area contributed by atoms with Crippen molar-refractivity contribution in [1.29, 1.82) is 0 Å².